The number of guanidine groups is 1. The summed E-state index contributed by atoms with van der Waals surface area (Å²) in [5.41, 5.74) is 13.3. The predicted molar refractivity (Wildman–Crippen MR) is 434 cm³/mol. The van der Waals surface area contributed by atoms with Gasteiger partial charge in [-0.15, -0.1) is 0 Å². The number of ketones is 2. The highest BCUT2D eigenvalue weighted by Crippen LogP contribution is 2.25. The van der Waals surface area contributed by atoms with Crippen LogP contribution in [0.5, 0.6) is 0 Å². The number of hydrogen-bond donors (Lipinski definition) is 13. The van der Waals surface area contributed by atoms with E-state index in [1.54, 1.807) is 36.5 Å². The van der Waals surface area contributed by atoms with Crippen LogP contribution in [0.2, 0.25) is 0 Å². The van der Waals surface area contributed by atoms with E-state index in [1.807, 2.05) is 31.2 Å². The number of nitrogens with one attached hydrogen (secondary N) is 9. The van der Waals surface area contributed by atoms with Crippen LogP contribution in [0, 0.1) is 0 Å². The summed E-state index contributed by atoms with van der Waals surface area (Å²) >= 11 is 0. The van der Waals surface area contributed by atoms with E-state index >= 15 is 4.79 Å². The van der Waals surface area contributed by atoms with Crippen molar-refractivity contribution in [2.24, 2.45) is 16.5 Å². The summed E-state index contributed by atoms with van der Waals surface area (Å²) < 4.78 is 22.1. The second-order valence-corrected chi connectivity index (χ2v) is 30.3. The number of para-hydroxylation sites is 1. The van der Waals surface area contributed by atoms with Crippen LogP contribution in [0.25, 0.3) is 10.9 Å². The van der Waals surface area contributed by atoms with E-state index in [1.165, 1.54) is 37.5 Å². The number of likely N-dealkylation sites (tertiary alicyclic amines) is 1. The summed E-state index contributed by atoms with van der Waals surface area (Å²) in [5, 5.41) is 43.3. The van der Waals surface area contributed by atoms with Crippen molar-refractivity contribution in [1.82, 2.24) is 57.3 Å². The molecule has 3 aromatic rings. The number of aliphatic carboxylic acids is 1. The molecule has 644 valence electrons. The standard InChI is InChI=1S/C83H128N14O19/c1-3-4-31-65(92-80(110)70-35-26-43-96(70)74(103)56-116-49-47-114-45-42-87-73(102)55-115-48-46-113-44-41-86-72(101)36-21-13-11-9-7-5-6-8-10-12-14-22-37-75(104)105)76(106)93-67-39-38-60(99)29-19-16-20-32-63(57(2)98)90-79(109)69(51-59-53-89-64-33-24-23-30-62(59)64)94-77(107)66(34-25-40-88-83(84)85)91-78(108)68(50-58-27-17-15-18-28-58)95-81(111)71-52-61(100)54-97(71)82(67)112/h15,17-18,23-24,27-28,30,33,53,61,63,65-71,89,100H,3-14,16,19-22,25-26,29,31-32,34-52,54-56H2,1-2H3,(H,86,101)(H,87,102)(H,90,109)(H,91,108)(H,92,110)(H,93,106)(H,94,107)(H,95,111)(H,104,105)(H4,84,85,88)/t61-,63+,65+,66+,67+,68-,69+,70+,71+/m1/s1. The molecule has 3 aliphatic heterocycles. The summed E-state index contributed by atoms with van der Waals surface area (Å²) in [6, 6.07) is 5.83. The molecule has 116 heavy (non-hydrogen) atoms. The SMILES string of the molecule is CCCC[C@H](NC(=O)[C@@H]1CCCN1C(=O)COCCOCCNC(=O)COCCOCCNC(=O)CCCCCCCCCCCCCCC(=O)O)C(=O)N[C@H]1CCC(=O)CCCCC[C@@H](C(C)=O)NC(=O)[C@H](Cc2c[nH]c3ccccc23)NC(=O)[C@H](CCCN=C(N)N)NC(=O)[C@@H](Cc2ccccc2)NC(=O)[C@@H]2C[C@@H](O)CN2C1=O. The molecule has 4 heterocycles. The number of carboxylic acids is 1. The number of carbonyl (C=O) groups excluding carboxylic acids is 12. The molecule has 0 aliphatic carbocycles. The van der Waals surface area contributed by atoms with Crippen molar-refractivity contribution in [3.63, 3.8) is 0 Å². The average Bonchev–Trinajstić information content (AvgIpc) is 1.66. The second kappa shape index (κ2) is 54.5. The Kier molecular flexibility index (Phi) is 44.8. The van der Waals surface area contributed by atoms with Crippen LogP contribution in [0.15, 0.2) is 65.8 Å². The number of Topliss-reactive ketones (excluding diaryl/α,β-unsaturated/α-hetero) is 2. The minimum absolute atomic E-state index is 0.0111. The highest BCUT2D eigenvalue weighted by Gasteiger charge is 2.44. The van der Waals surface area contributed by atoms with Gasteiger partial charge in [-0.1, -0.05) is 145 Å². The Hall–Kier alpha value is -9.44. The summed E-state index contributed by atoms with van der Waals surface area (Å²) in [5.74, 6) is -7.78. The minimum atomic E-state index is -1.49. The molecule has 10 amide bonds. The van der Waals surface area contributed by atoms with Crippen molar-refractivity contribution >= 4 is 93.5 Å². The van der Waals surface area contributed by atoms with E-state index in [9.17, 15) is 62.6 Å². The van der Waals surface area contributed by atoms with Gasteiger partial charge in [-0.2, -0.15) is 0 Å². The lowest BCUT2D eigenvalue weighted by molar-refractivity contribution is -0.144. The van der Waals surface area contributed by atoms with E-state index in [4.69, 9.17) is 35.5 Å². The van der Waals surface area contributed by atoms with Gasteiger partial charge in [-0.25, -0.2) is 0 Å². The molecule has 0 unspecified atom stereocenters. The van der Waals surface area contributed by atoms with Crippen molar-refractivity contribution in [1.29, 1.82) is 0 Å². The average molecular weight is 1630 g/mol. The van der Waals surface area contributed by atoms with Crippen LogP contribution in [-0.4, -0.2) is 248 Å². The molecular formula is C83H128N14O19. The van der Waals surface area contributed by atoms with E-state index < -0.39 is 108 Å². The molecule has 0 spiro atoms. The van der Waals surface area contributed by atoms with Gasteiger partial charge in [-0.05, 0) is 88.3 Å². The quantitative estimate of drug-likeness (QED) is 0.0217. The van der Waals surface area contributed by atoms with Crippen molar-refractivity contribution in [2.75, 3.05) is 85.6 Å². The zero-order valence-electron chi connectivity index (χ0n) is 67.9. The second-order valence-electron chi connectivity index (χ2n) is 30.3. The van der Waals surface area contributed by atoms with Gasteiger partial charge >= 0.3 is 5.97 Å². The first-order valence-electron chi connectivity index (χ1n) is 41.8. The summed E-state index contributed by atoms with van der Waals surface area (Å²) in [6.45, 7) is 4.09. The number of hydrogen-bond acceptors (Lipinski definition) is 19. The smallest absolute Gasteiger partial charge is 0.303 e. The molecular weight excluding hydrogens is 1500 g/mol. The Bertz CT molecular complexity index is 3620. The number of aromatic nitrogens is 1. The molecule has 3 saturated heterocycles. The number of aliphatic hydroxyl groups is 1. The molecule has 0 saturated carbocycles. The topological polar surface area (TPSA) is 482 Å². The molecule has 2 aromatic carbocycles. The van der Waals surface area contributed by atoms with Gasteiger partial charge in [0, 0.05) is 94.8 Å². The van der Waals surface area contributed by atoms with Gasteiger partial charge < -0.3 is 97.9 Å². The van der Waals surface area contributed by atoms with Crippen LogP contribution < -0.4 is 54.0 Å². The van der Waals surface area contributed by atoms with Gasteiger partial charge in [-0.3, -0.25) is 67.3 Å². The Labute approximate surface area is 680 Å². The third-order valence-electron chi connectivity index (χ3n) is 20.9. The maximum absolute atomic E-state index is 15.2. The molecule has 6 rings (SSSR count). The fraction of sp³-hybridized carbons (Fsp3) is 0.663. The summed E-state index contributed by atoms with van der Waals surface area (Å²) in [7, 11) is 0. The number of carbonyl (C=O) groups is 13. The van der Waals surface area contributed by atoms with Crippen molar-refractivity contribution in [2.45, 2.75) is 267 Å². The fourth-order valence-corrected chi connectivity index (χ4v) is 14.5. The lowest BCUT2D eigenvalue weighted by Gasteiger charge is -2.31. The number of nitrogens with zero attached hydrogens (tertiary/aromatic N) is 3. The van der Waals surface area contributed by atoms with Gasteiger partial charge in [0.15, 0.2) is 11.7 Å². The zero-order chi connectivity index (χ0) is 83.8. The Morgan fingerprint density at radius 2 is 1.22 bits per heavy atom. The largest absolute Gasteiger partial charge is 0.481 e. The van der Waals surface area contributed by atoms with Crippen LogP contribution in [-0.2, 0) is 94.1 Å². The third-order valence-corrected chi connectivity index (χ3v) is 20.9. The number of H-pyrrole nitrogens is 1. The van der Waals surface area contributed by atoms with Crippen molar-refractivity contribution in [3.05, 3.63) is 71.9 Å². The number of aliphatic hydroxyl groups excluding tert-OH is 1. The zero-order valence-corrected chi connectivity index (χ0v) is 67.9. The van der Waals surface area contributed by atoms with Gasteiger partial charge in [0.25, 0.3) is 0 Å². The normalized spacial score (nSPS) is 20.5. The van der Waals surface area contributed by atoms with Crippen LogP contribution in [0.3, 0.4) is 0 Å². The number of amides is 10. The predicted octanol–water partition coefficient (Wildman–Crippen LogP) is 3.81. The lowest BCUT2D eigenvalue weighted by Crippen LogP contribution is -2.60. The first-order chi connectivity index (χ1) is 56.0. The van der Waals surface area contributed by atoms with E-state index in [0.717, 1.165) is 67.2 Å². The highest BCUT2D eigenvalue weighted by molar-refractivity contribution is 5.99. The first-order valence-corrected chi connectivity index (χ1v) is 41.8. The number of aromatic amines is 1. The Morgan fingerprint density at radius 1 is 0.621 bits per heavy atom. The van der Waals surface area contributed by atoms with Gasteiger partial charge in [0.05, 0.1) is 51.8 Å². The molecule has 1 aromatic heterocycles. The van der Waals surface area contributed by atoms with Gasteiger partial charge in [0.2, 0.25) is 59.1 Å². The number of rotatable bonds is 47. The molecule has 9 atom stereocenters. The highest BCUT2D eigenvalue weighted by atomic mass is 16.5. The molecule has 0 radical (unpaired) electrons. The molecule has 3 aliphatic rings. The third kappa shape index (κ3) is 36.4. The first kappa shape index (κ1) is 95.4. The lowest BCUT2D eigenvalue weighted by atomic mass is 9.99. The Balaban J connectivity index is 0.998. The minimum Gasteiger partial charge on any atom is -0.481 e. The molecule has 0 bridgehead atoms. The van der Waals surface area contributed by atoms with Crippen LogP contribution >= 0.6 is 0 Å². The summed E-state index contributed by atoms with van der Waals surface area (Å²) in [4.78, 5) is 189. The number of unbranched alkanes of at least 4 members (excludes halogenated alkanes) is 12. The number of ether oxygens (including phenoxy) is 4. The molecule has 33 nitrogen and oxygen atoms in total. The van der Waals surface area contributed by atoms with E-state index in [0.29, 0.717) is 69.2 Å². The van der Waals surface area contributed by atoms with Crippen LogP contribution in [0.1, 0.15) is 211 Å². The van der Waals surface area contributed by atoms with Gasteiger partial charge in [0.1, 0.15) is 61.3 Å². The Morgan fingerprint density at radius 3 is 1.90 bits per heavy atom. The fourth-order valence-electron chi connectivity index (χ4n) is 14.5. The van der Waals surface area contributed by atoms with E-state index in [-0.39, 0.29) is 179 Å². The number of benzene rings is 2. The number of carboxylic acid groups (broad SMARTS) is 1. The number of nitrogens with two attached hydrogens (primary N) is 2. The molecule has 15 N–H and O–H groups in total. The molecule has 3 fully saturated rings. The number of aliphatic imine (C=N–C) groups is 1. The molecule has 33 heteroatoms. The van der Waals surface area contributed by atoms with Crippen molar-refractivity contribution < 1.29 is 91.5 Å². The maximum atomic E-state index is 15.2. The van der Waals surface area contributed by atoms with Crippen molar-refractivity contribution in [3.8, 4) is 0 Å². The summed E-state index contributed by atoms with van der Waals surface area (Å²) in [6.07, 6.45) is 16.6. The van der Waals surface area contributed by atoms with Crippen LogP contribution in [0.4, 0.5) is 0 Å². The number of fused-ring (bicyclic) bond motifs is 2. The monoisotopic (exact) mass is 1620 g/mol. The van der Waals surface area contributed by atoms with E-state index in [2.05, 4.69) is 52.5 Å². The maximum Gasteiger partial charge on any atom is 0.303 e.